The summed E-state index contributed by atoms with van der Waals surface area (Å²) in [4.78, 5) is 17.3. The lowest BCUT2D eigenvalue weighted by Crippen LogP contribution is -2.34. The first-order valence-corrected chi connectivity index (χ1v) is 12.9. The molecule has 0 aromatic heterocycles. The fraction of sp³-hybridized carbons (Fsp3) is 0.429. The van der Waals surface area contributed by atoms with E-state index in [-0.39, 0.29) is 18.2 Å². The number of nitrogens with zero attached hydrogens (tertiary/aromatic N) is 2. The van der Waals surface area contributed by atoms with Gasteiger partial charge < -0.3 is 25.4 Å². The van der Waals surface area contributed by atoms with Crippen molar-refractivity contribution in [2.75, 3.05) is 32.6 Å². The smallest absolute Gasteiger partial charge is 0.209 e. The van der Waals surface area contributed by atoms with Crippen LogP contribution in [0.25, 0.3) is 5.57 Å². The van der Waals surface area contributed by atoms with E-state index < -0.39 is 0 Å². The average molecular weight is 550 g/mol. The maximum absolute atomic E-state index is 10.9. The Morgan fingerprint density at radius 2 is 1.81 bits per heavy atom. The number of ether oxygens (including phenoxy) is 2. The monoisotopic (exact) mass is 548 g/mol. The number of hydrogen-bond donors (Lipinski definition) is 2. The third kappa shape index (κ3) is 9.91. The van der Waals surface area contributed by atoms with E-state index >= 15 is 0 Å². The lowest BCUT2D eigenvalue weighted by atomic mass is 10.0. The van der Waals surface area contributed by atoms with Crippen LogP contribution in [0.1, 0.15) is 44.7 Å². The van der Waals surface area contributed by atoms with Gasteiger partial charge in [-0.15, -0.1) is 0 Å². The molecular formula is C28H38Cl2N4O3. The number of halogens is 2. The summed E-state index contributed by atoms with van der Waals surface area (Å²) in [5, 5.41) is 4.25. The van der Waals surface area contributed by atoms with E-state index in [1.807, 2.05) is 46.0 Å². The number of likely N-dealkylation sites (tertiary alicyclic amines) is 1. The van der Waals surface area contributed by atoms with Crippen molar-refractivity contribution in [2.24, 2.45) is 10.7 Å². The SMILES string of the molecule is CNc1ccc(/C(C=NC2CCN(C=O)CC2)=C/N)cc1OCc1c(Cl)cccc1Cl.COC(C)(C)C. The van der Waals surface area contributed by atoms with Crippen molar-refractivity contribution in [3.63, 3.8) is 0 Å². The van der Waals surface area contributed by atoms with Crippen LogP contribution in [-0.2, 0) is 16.1 Å². The molecule has 1 heterocycles. The second kappa shape index (κ2) is 14.9. The van der Waals surface area contributed by atoms with E-state index in [4.69, 9.17) is 38.4 Å². The minimum absolute atomic E-state index is 0.0417. The standard InChI is InChI=1S/C23H26Cl2N4O2.C5H12O/c1-27-22-6-5-16(11-23(22)31-14-19-20(24)3-2-4-21(19)25)17(12-26)13-28-18-7-9-29(15-30)10-8-18;1-5(2,3)6-4/h2-6,11-13,15,18,27H,7-10,14,26H2,1H3;1-4H3/b17-12+,28-13?;. The van der Waals surface area contributed by atoms with Crippen LogP contribution in [0, 0.1) is 0 Å². The molecule has 37 heavy (non-hydrogen) atoms. The van der Waals surface area contributed by atoms with Crippen LogP contribution in [0.4, 0.5) is 5.69 Å². The quantitative estimate of drug-likeness (QED) is 0.310. The second-order valence-electron chi connectivity index (χ2n) is 9.54. The van der Waals surface area contributed by atoms with Gasteiger partial charge in [0.1, 0.15) is 12.4 Å². The Kier molecular flexibility index (Phi) is 12.2. The van der Waals surface area contributed by atoms with Gasteiger partial charge in [-0.25, -0.2) is 0 Å². The first-order chi connectivity index (χ1) is 17.6. The summed E-state index contributed by atoms with van der Waals surface area (Å²) in [6, 6.07) is 11.4. The molecule has 0 spiro atoms. The number of benzene rings is 2. The fourth-order valence-electron chi connectivity index (χ4n) is 3.39. The third-order valence-corrected chi connectivity index (χ3v) is 6.59. The van der Waals surface area contributed by atoms with Crippen molar-refractivity contribution in [3.8, 4) is 5.75 Å². The van der Waals surface area contributed by atoms with Crippen LogP contribution >= 0.6 is 23.2 Å². The number of amides is 1. The highest BCUT2D eigenvalue weighted by Crippen LogP contribution is 2.31. The summed E-state index contributed by atoms with van der Waals surface area (Å²) in [5.74, 6) is 0.656. The number of carbonyl (C=O) groups is 1. The molecule has 0 radical (unpaired) electrons. The van der Waals surface area contributed by atoms with Crippen molar-refractivity contribution in [3.05, 3.63) is 63.8 Å². The van der Waals surface area contributed by atoms with Gasteiger partial charge in [0.2, 0.25) is 6.41 Å². The minimum Gasteiger partial charge on any atom is -0.487 e. The summed E-state index contributed by atoms with van der Waals surface area (Å²) >= 11 is 12.5. The highest BCUT2D eigenvalue weighted by Gasteiger charge is 2.17. The summed E-state index contributed by atoms with van der Waals surface area (Å²) in [7, 11) is 3.54. The molecule has 7 nitrogen and oxygen atoms in total. The van der Waals surface area contributed by atoms with Crippen molar-refractivity contribution in [1.29, 1.82) is 0 Å². The number of carbonyl (C=O) groups excluding carboxylic acids is 1. The highest BCUT2D eigenvalue weighted by molar-refractivity contribution is 6.35. The lowest BCUT2D eigenvalue weighted by molar-refractivity contribution is -0.119. The van der Waals surface area contributed by atoms with E-state index in [9.17, 15) is 4.79 Å². The minimum atomic E-state index is 0.0417. The molecule has 2 aromatic rings. The highest BCUT2D eigenvalue weighted by atomic mass is 35.5. The normalized spacial score (nSPS) is 14.8. The topological polar surface area (TPSA) is 89.2 Å². The third-order valence-electron chi connectivity index (χ3n) is 5.88. The zero-order valence-corrected chi connectivity index (χ0v) is 23.8. The Balaban J connectivity index is 0.000000717. The van der Waals surface area contributed by atoms with Crippen molar-refractivity contribution >= 4 is 47.1 Å². The molecule has 1 saturated heterocycles. The number of hydrogen-bond acceptors (Lipinski definition) is 6. The molecule has 0 saturated carbocycles. The van der Waals surface area contributed by atoms with Gasteiger partial charge in [0.05, 0.1) is 17.3 Å². The van der Waals surface area contributed by atoms with Gasteiger partial charge in [-0.2, -0.15) is 0 Å². The van der Waals surface area contributed by atoms with Crippen molar-refractivity contribution in [2.45, 2.75) is 51.9 Å². The molecule has 1 aliphatic rings. The van der Waals surface area contributed by atoms with Gasteiger partial charge in [-0.1, -0.05) is 35.3 Å². The number of piperidine rings is 1. The Morgan fingerprint density at radius 1 is 1.19 bits per heavy atom. The largest absolute Gasteiger partial charge is 0.487 e. The van der Waals surface area contributed by atoms with E-state index in [0.717, 1.165) is 54.7 Å². The first-order valence-electron chi connectivity index (χ1n) is 12.2. The average Bonchev–Trinajstić information content (AvgIpc) is 2.89. The summed E-state index contributed by atoms with van der Waals surface area (Å²) in [6.45, 7) is 7.76. The number of rotatable bonds is 8. The Bertz CT molecular complexity index is 1060. The molecule has 1 amide bonds. The molecule has 1 aliphatic heterocycles. The van der Waals surface area contributed by atoms with Crippen molar-refractivity contribution < 1.29 is 14.3 Å². The number of nitrogens with two attached hydrogens (primary N) is 1. The van der Waals surface area contributed by atoms with Crippen LogP contribution < -0.4 is 15.8 Å². The molecule has 9 heteroatoms. The molecule has 0 aliphatic carbocycles. The molecule has 0 unspecified atom stereocenters. The van der Waals surface area contributed by atoms with Crippen molar-refractivity contribution in [1.82, 2.24) is 4.90 Å². The molecule has 3 N–H and O–H groups in total. The molecule has 2 aromatic carbocycles. The van der Waals surface area contributed by atoms with E-state index in [1.54, 1.807) is 36.4 Å². The summed E-state index contributed by atoms with van der Waals surface area (Å²) in [5.41, 5.74) is 9.18. The van der Waals surface area contributed by atoms with Gasteiger partial charge in [-0.05, 0) is 63.4 Å². The fourth-order valence-corrected chi connectivity index (χ4v) is 3.89. The maximum Gasteiger partial charge on any atom is 0.209 e. The Morgan fingerprint density at radius 3 is 2.32 bits per heavy atom. The molecule has 202 valence electrons. The Hall–Kier alpha value is -2.74. The zero-order valence-electron chi connectivity index (χ0n) is 22.3. The number of methoxy groups -OCH3 is 1. The molecule has 1 fully saturated rings. The van der Waals surface area contributed by atoms with Crippen LogP contribution in [0.5, 0.6) is 5.75 Å². The lowest BCUT2D eigenvalue weighted by Gasteiger charge is -2.26. The molecule has 3 rings (SSSR count). The van der Waals surface area contributed by atoms with Gasteiger partial charge in [0.15, 0.2) is 0 Å². The van der Waals surface area contributed by atoms with Gasteiger partial charge >= 0.3 is 0 Å². The first kappa shape index (κ1) is 30.5. The van der Waals surface area contributed by atoms with Crippen LogP contribution in [0.3, 0.4) is 0 Å². The van der Waals surface area contributed by atoms with E-state index in [2.05, 4.69) is 10.3 Å². The van der Waals surface area contributed by atoms with E-state index in [1.165, 1.54) is 6.20 Å². The van der Waals surface area contributed by atoms with Gasteiger partial charge in [0.25, 0.3) is 0 Å². The summed E-state index contributed by atoms with van der Waals surface area (Å²) < 4.78 is 11.0. The van der Waals surface area contributed by atoms with Crippen LogP contribution in [0.15, 0.2) is 47.6 Å². The van der Waals surface area contributed by atoms with Crippen LogP contribution in [-0.4, -0.2) is 56.4 Å². The second-order valence-corrected chi connectivity index (χ2v) is 10.4. The number of aliphatic imine (C=N–C) groups is 1. The predicted molar refractivity (Wildman–Crippen MR) is 155 cm³/mol. The predicted octanol–water partition coefficient (Wildman–Crippen LogP) is 6.04. The van der Waals surface area contributed by atoms with E-state index in [0.29, 0.717) is 15.8 Å². The maximum atomic E-state index is 10.9. The number of nitrogens with one attached hydrogen (secondary N) is 1. The zero-order chi connectivity index (χ0) is 27.4. The number of allylic oxidation sites excluding steroid dienone is 1. The summed E-state index contributed by atoms with van der Waals surface area (Å²) in [6.07, 6.45) is 5.92. The molecule has 0 bridgehead atoms. The number of anilines is 1. The molecular weight excluding hydrogens is 511 g/mol. The van der Waals surface area contributed by atoms with Gasteiger partial charge in [0, 0.05) is 60.8 Å². The van der Waals surface area contributed by atoms with Crippen LogP contribution in [0.2, 0.25) is 10.0 Å². The Labute approximate surface area is 230 Å². The molecule has 0 atom stereocenters. The van der Waals surface area contributed by atoms with Gasteiger partial charge in [-0.3, -0.25) is 9.79 Å².